The molecule has 0 N–H and O–H groups in total. The van der Waals surface area contributed by atoms with Gasteiger partial charge in [0.2, 0.25) is 11.8 Å². The molecule has 2 heterocycles. The van der Waals surface area contributed by atoms with Crippen LogP contribution in [0.25, 0.3) is 0 Å². The Labute approximate surface area is 133 Å². The van der Waals surface area contributed by atoms with E-state index in [9.17, 15) is 14.4 Å². The first kappa shape index (κ1) is 15.1. The summed E-state index contributed by atoms with van der Waals surface area (Å²) in [5.41, 5.74) is 2.39. The number of imide groups is 1. The molecular weight excluding hydrogens is 300 g/mol. The minimum Gasteiger partial charge on any atom is -0.338 e. The molecule has 0 saturated carbocycles. The molecule has 116 valence electrons. The first-order valence-electron chi connectivity index (χ1n) is 7.37. The van der Waals surface area contributed by atoms with Crippen molar-refractivity contribution in [2.75, 3.05) is 18.8 Å². The fourth-order valence-corrected chi connectivity index (χ4v) is 3.61. The average molecular weight is 318 g/mol. The summed E-state index contributed by atoms with van der Waals surface area (Å²) in [6.07, 6.45) is 1.19. The van der Waals surface area contributed by atoms with Crippen molar-refractivity contribution in [1.29, 1.82) is 0 Å². The first-order valence-corrected chi connectivity index (χ1v) is 8.36. The van der Waals surface area contributed by atoms with E-state index in [2.05, 4.69) is 0 Å². The lowest BCUT2D eigenvalue weighted by atomic mass is 10.0. The van der Waals surface area contributed by atoms with Gasteiger partial charge in [-0.2, -0.15) is 0 Å². The minimum absolute atomic E-state index is 0.0891. The van der Waals surface area contributed by atoms with Crippen molar-refractivity contribution in [3.63, 3.8) is 0 Å². The van der Waals surface area contributed by atoms with E-state index in [1.165, 1.54) is 16.0 Å². The maximum absolute atomic E-state index is 12.2. The Morgan fingerprint density at radius 1 is 1.27 bits per heavy atom. The van der Waals surface area contributed by atoms with E-state index in [4.69, 9.17) is 0 Å². The van der Waals surface area contributed by atoms with Crippen molar-refractivity contribution >= 4 is 28.8 Å². The summed E-state index contributed by atoms with van der Waals surface area (Å²) in [4.78, 5) is 38.4. The number of amides is 3. The predicted molar refractivity (Wildman–Crippen MR) is 84.6 cm³/mol. The second-order valence-electron chi connectivity index (χ2n) is 5.70. The Hall–Kier alpha value is -1.82. The third-order valence-corrected chi connectivity index (χ3v) is 5.07. The fourth-order valence-electron chi connectivity index (χ4n) is 2.83. The van der Waals surface area contributed by atoms with Gasteiger partial charge < -0.3 is 4.90 Å². The lowest BCUT2D eigenvalue weighted by molar-refractivity contribution is -0.142. The van der Waals surface area contributed by atoms with Gasteiger partial charge in [0.15, 0.2) is 0 Å². The van der Waals surface area contributed by atoms with E-state index in [1.807, 2.05) is 31.2 Å². The molecule has 0 aliphatic carbocycles. The molecule has 3 amide bonds. The third kappa shape index (κ3) is 2.88. The van der Waals surface area contributed by atoms with E-state index < -0.39 is 0 Å². The topological polar surface area (TPSA) is 57.7 Å². The molecule has 0 aromatic heterocycles. The van der Waals surface area contributed by atoms with Gasteiger partial charge in [-0.25, -0.2) is 0 Å². The van der Waals surface area contributed by atoms with Gasteiger partial charge in [-0.3, -0.25) is 19.3 Å². The van der Waals surface area contributed by atoms with Gasteiger partial charge in [0, 0.05) is 19.5 Å². The van der Waals surface area contributed by atoms with Crippen LogP contribution in [0.15, 0.2) is 24.3 Å². The zero-order valence-corrected chi connectivity index (χ0v) is 13.3. The van der Waals surface area contributed by atoms with Crippen LogP contribution in [0.5, 0.6) is 0 Å². The number of nitrogens with zero attached hydrogens (tertiary/aromatic N) is 2. The van der Waals surface area contributed by atoms with E-state index >= 15 is 0 Å². The normalized spacial score (nSPS) is 18.8. The lowest BCUT2D eigenvalue weighted by Gasteiger charge is -2.42. The highest BCUT2D eigenvalue weighted by atomic mass is 32.2. The number of hydrogen-bond donors (Lipinski definition) is 0. The summed E-state index contributed by atoms with van der Waals surface area (Å²) in [6, 6.07) is 7.93. The third-order valence-electron chi connectivity index (χ3n) is 4.23. The summed E-state index contributed by atoms with van der Waals surface area (Å²) in [6.45, 7) is 3.00. The molecule has 1 aromatic rings. The molecule has 0 bridgehead atoms. The summed E-state index contributed by atoms with van der Waals surface area (Å²) in [7, 11) is 0. The molecule has 1 aromatic carbocycles. The van der Waals surface area contributed by atoms with Crippen LogP contribution in [-0.4, -0.2) is 51.7 Å². The number of carbonyl (C=O) groups excluding carboxylic acids is 3. The van der Waals surface area contributed by atoms with E-state index in [0.29, 0.717) is 19.5 Å². The highest BCUT2D eigenvalue weighted by molar-refractivity contribution is 8.14. The van der Waals surface area contributed by atoms with Crippen LogP contribution < -0.4 is 0 Å². The van der Waals surface area contributed by atoms with Crippen LogP contribution in [0.4, 0.5) is 4.79 Å². The van der Waals surface area contributed by atoms with Crippen LogP contribution in [0.3, 0.4) is 0 Å². The predicted octanol–water partition coefficient (Wildman–Crippen LogP) is 1.83. The van der Waals surface area contributed by atoms with Gasteiger partial charge in [-0.05, 0) is 24.5 Å². The maximum atomic E-state index is 12.2. The van der Waals surface area contributed by atoms with E-state index in [-0.39, 0.29) is 28.8 Å². The number of thioether (sulfide) groups is 1. The van der Waals surface area contributed by atoms with Crippen LogP contribution in [0.1, 0.15) is 17.5 Å². The van der Waals surface area contributed by atoms with E-state index in [0.717, 1.165) is 18.2 Å². The molecule has 3 rings (SSSR count). The van der Waals surface area contributed by atoms with Gasteiger partial charge in [0.1, 0.15) is 0 Å². The monoisotopic (exact) mass is 318 g/mol. The second-order valence-corrected chi connectivity index (χ2v) is 6.62. The summed E-state index contributed by atoms with van der Waals surface area (Å²) in [5.74, 6) is 0.189. The highest BCUT2D eigenvalue weighted by Crippen LogP contribution is 2.26. The molecule has 0 radical (unpaired) electrons. The van der Waals surface area contributed by atoms with Crippen molar-refractivity contribution < 1.29 is 14.4 Å². The zero-order valence-electron chi connectivity index (χ0n) is 12.4. The Bertz CT molecular complexity index is 610. The molecule has 0 unspecified atom stereocenters. The quantitative estimate of drug-likeness (QED) is 0.850. The number of likely N-dealkylation sites (tertiary alicyclic amines) is 1. The van der Waals surface area contributed by atoms with Crippen molar-refractivity contribution in [2.24, 2.45) is 0 Å². The Morgan fingerprint density at radius 3 is 2.64 bits per heavy atom. The zero-order chi connectivity index (χ0) is 15.7. The Balaban J connectivity index is 1.49. The smallest absolute Gasteiger partial charge is 0.289 e. The first-order chi connectivity index (χ1) is 10.6. The number of aryl methyl sites for hydroxylation is 2. The Kier molecular flexibility index (Phi) is 4.20. The highest BCUT2D eigenvalue weighted by Gasteiger charge is 2.43. The molecule has 2 aliphatic rings. The molecule has 2 saturated heterocycles. The fraction of sp³-hybridized carbons (Fsp3) is 0.438. The van der Waals surface area contributed by atoms with Crippen LogP contribution in [0.2, 0.25) is 0 Å². The molecular formula is C16H18N2O3S. The molecule has 0 atom stereocenters. The molecule has 0 spiro atoms. The molecule has 2 fully saturated rings. The number of benzene rings is 1. The second kappa shape index (κ2) is 6.12. The number of carbonyl (C=O) groups is 3. The summed E-state index contributed by atoms with van der Waals surface area (Å²) >= 11 is 1.04. The number of hydrogen-bond acceptors (Lipinski definition) is 4. The summed E-state index contributed by atoms with van der Waals surface area (Å²) < 4.78 is 0. The van der Waals surface area contributed by atoms with Crippen LogP contribution in [0, 0.1) is 6.92 Å². The van der Waals surface area contributed by atoms with Gasteiger partial charge in [0.05, 0.1) is 11.8 Å². The van der Waals surface area contributed by atoms with Gasteiger partial charge >= 0.3 is 0 Å². The molecule has 2 aliphatic heterocycles. The Morgan fingerprint density at radius 2 is 2.00 bits per heavy atom. The maximum Gasteiger partial charge on any atom is 0.289 e. The molecule has 22 heavy (non-hydrogen) atoms. The molecule has 5 nitrogen and oxygen atoms in total. The van der Waals surface area contributed by atoms with Gasteiger partial charge in [0.25, 0.3) is 5.24 Å². The number of rotatable bonds is 4. The lowest BCUT2D eigenvalue weighted by Crippen LogP contribution is -2.62. The van der Waals surface area contributed by atoms with Gasteiger partial charge in [-0.15, -0.1) is 0 Å². The van der Waals surface area contributed by atoms with Crippen LogP contribution in [-0.2, 0) is 16.0 Å². The van der Waals surface area contributed by atoms with Crippen molar-refractivity contribution in [1.82, 2.24) is 9.80 Å². The largest absolute Gasteiger partial charge is 0.338 e. The van der Waals surface area contributed by atoms with Crippen LogP contribution >= 0.6 is 11.8 Å². The van der Waals surface area contributed by atoms with Crippen molar-refractivity contribution in [3.8, 4) is 0 Å². The SMILES string of the molecule is Cc1ccccc1CCC(=O)N1CC(N2C(=O)CSC2=O)C1. The van der Waals surface area contributed by atoms with E-state index in [1.54, 1.807) is 4.90 Å². The minimum atomic E-state index is -0.179. The standard InChI is InChI=1S/C16H18N2O3S/c1-11-4-2-3-5-12(11)6-7-14(19)17-8-13(9-17)18-15(20)10-22-16(18)21/h2-5,13H,6-10H2,1H3. The van der Waals surface area contributed by atoms with Crippen molar-refractivity contribution in [2.45, 2.75) is 25.8 Å². The van der Waals surface area contributed by atoms with Crippen molar-refractivity contribution in [3.05, 3.63) is 35.4 Å². The average Bonchev–Trinajstić information content (AvgIpc) is 2.77. The summed E-state index contributed by atoms with van der Waals surface area (Å²) in [5, 5.41) is -0.179. The van der Waals surface area contributed by atoms with Gasteiger partial charge in [-0.1, -0.05) is 36.0 Å². The molecule has 6 heteroatoms.